The first-order valence-electron chi connectivity index (χ1n) is 8.27. The summed E-state index contributed by atoms with van der Waals surface area (Å²) in [4.78, 5) is 8.69. The van der Waals surface area contributed by atoms with Crippen LogP contribution in [-0.2, 0) is 0 Å². The Morgan fingerprint density at radius 3 is 2.52 bits per heavy atom. The van der Waals surface area contributed by atoms with Gasteiger partial charge in [0.15, 0.2) is 5.82 Å². The van der Waals surface area contributed by atoms with Crippen LogP contribution in [0.2, 0.25) is 0 Å². The molecule has 0 saturated carbocycles. The number of phenolic OH excluding ortho intramolecular Hbond substituents is 1. The lowest BCUT2D eigenvalue weighted by atomic mass is 10.1. The minimum absolute atomic E-state index is 0.124. The van der Waals surface area contributed by atoms with E-state index in [-0.39, 0.29) is 40.1 Å². The van der Waals surface area contributed by atoms with Gasteiger partial charge in [0, 0.05) is 17.3 Å². The number of aromatic nitrogens is 4. The SMILES string of the molecule is COc1ccc(C(=NN)c2nc3nonc3nc2Nc2ccc(F)cc2)c(O)c1. The lowest BCUT2D eigenvalue weighted by Crippen LogP contribution is -2.13. The normalized spacial score (nSPS) is 11.6. The maximum atomic E-state index is 13.2. The second-order valence-corrected chi connectivity index (χ2v) is 5.82. The van der Waals surface area contributed by atoms with Crippen LogP contribution < -0.4 is 15.9 Å². The van der Waals surface area contributed by atoms with Crippen LogP contribution in [-0.4, -0.2) is 38.2 Å². The van der Waals surface area contributed by atoms with Crippen molar-refractivity contribution in [1.29, 1.82) is 0 Å². The van der Waals surface area contributed by atoms with E-state index >= 15 is 0 Å². The van der Waals surface area contributed by atoms with E-state index in [4.69, 9.17) is 10.6 Å². The predicted octanol–water partition coefficient (Wildman–Crippen LogP) is 2.32. The molecule has 2 aromatic heterocycles. The van der Waals surface area contributed by atoms with Crippen LogP contribution in [0.25, 0.3) is 11.3 Å². The maximum absolute atomic E-state index is 13.2. The third-order valence-electron chi connectivity index (χ3n) is 4.03. The van der Waals surface area contributed by atoms with Crippen LogP contribution in [0, 0.1) is 5.82 Å². The molecule has 0 bridgehead atoms. The van der Waals surface area contributed by atoms with Crippen molar-refractivity contribution in [3.8, 4) is 11.5 Å². The summed E-state index contributed by atoms with van der Waals surface area (Å²) in [7, 11) is 1.48. The number of anilines is 2. The number of fused-ring (bicyclic) bond motifs is 1. The van der Waals surface area contributed by atoms with Gasteiger partial charge in [0.25, 0.3) is 0 Å². The molecule has 0 fully saturated rings. The average Bonchev–Trinajstić information content (AvgIpc) is 3.18. The molecule has 146 valence electrons. The van der Waals surface area contributed by atoms with E-state index in [1.165, 1.54) is 37.4 Å². The van der Waals surface area contributed by atoms with E-state index in [1.807, 2.05) is 0 Å². The van der Waals surface area contributed by atoms with Gasteiger partial charge in [-0.2, -0.15) is 5.10 Å². The van der Waals surface area contributed by atoms with Gasteiger partial charge in [0.2, 0.25) is 11.3 Å². The number of nitrogens with zero attached hydrogens (tertiary/aromatic N) is 5. The van der Waals surface area contributed by atoms with Gasteiger partial charge in [-0.05, 0) is 46.7 Å². The molecule has 2 heterocycles. The molecule has 0 atom stereocenters. The number of hydrogen-bond donors (Lipinski definition) is 3. The van der Waals surface area contributed by atoms with Crippen LogP contribution in [0.3, 0.4) is 0 Å². The number of halogens is 1. The molecule has 2 aromatic carbocycles. The largest absolute Gasteiger partial charge is 0.507 e. The average molecular weight is 395 g/mol. The summed E-state index contributed by atoms with van der Waals surface area (Å²) in [6.45, 7) is 0. The molecule has 4 aromatic rings. The van der Waals surface area contributed by atoms with Crippen LogP contribution in [0.15, 0.2) is 52.2 Å². The predicted molar refractivity (Wildman–Crippen MR) is 102 cm³/mol. The fourth-order valence-corrected chi connectivity index (χ4v) is 2.66. The summed E-state index contributed by atoms with van der Waals surface area (Å²) >= 11 is 0. The Labute approximate surface area is 162 Å². The number of nitrogens with one attached hydrogen (secondary N) is 1. The highest BCUT2D eigenvalue weighted by Gasteiger charge is 2.21. The maximum Gasteiger partial charge on any atom is 0.245 e. The number of benzene rings is 2. The Morgan fingerprint density at radius 2 is 1.86 bits per heavy atom. The topological polar surface area (TPSA) is 145 Å². The van der Waals surface area contributed by atoms with Crippen LogP contribution in [0.4, 0.5) is 15.9 Å². The van der Waals surface area contributed by atoms with Gasteiger partial charge in [-0.3, -0.25) is 0 Å². The summed E-state index contributed by atoms with van der Waals surface area (Å²) in [5, 5.41) is 24.6. The highest BCUT2D eigenvalue weighted by molar-refractivity contribution is 6.16. The molecule has 0 saturated heterocycles. The molecule has 0 aliphatic carbocycles. The number of hydrazone groups is 1. The third-order valence-corrected chi connectivity index (χ3v) is 4.03. The van der Waals surface area contributed by atoms with Gasteiger partial charge in [0.05, 0.1) is 7.11 Å². The van der Waals surface area contributed by atoms with E-state index in [1.54, 1.807) is 12.1 Å². The van der Waals surface area contributed by atoms with E-state index in [0.717, 1.165) is 0 Å². The second kappa shape index (κ2) is 7.38. The van der Waals surface area contributed by atoms with Crippen molar-refractivity contribution in [3.05, 3.63) is 59.5 Å². The van der Waals surface area contributed by atoms with Gasteiger partial charge >= 0.3 is 0 Å². The van der Waals surface area contributed by atoms with E-state index < -0.39 is 0 Å². The highest BCUT2D eigenvalue weighted by atomic mass is 19.1. The lowest BCUT2D eigenvalue weighted by Gasteiger charge is -2.13. The Hall–Kier alpha value is -4.28. The van der Waals surface area contributed by atoms with E-state index in [9.17, 15) is 9.50 Å². The number of phenols is 1. The summed E-state index contributed by atoms with van der Waals surface area (Å²) in [5.41, 5.74) is 1.41. The summed E-state index contributed by atoms with van der Waals surface area (Å²) in [5.74, 6) is 5.77. The van der Waals surface area contributed by atoms with Gasteiger partial charge in [-0.1, -0.05) is 0 Å². The number of ether oxygens (including phenoxy) is 1. The van der Waals surface area contributed by atoms with E-state index in [0.29, 0.717) is 17.0 Å². The molecule has 0 aliphatic rings. The highest BCUT2D eigenvalue weighted by Crippen LogP contribution is 2.29. The van der Waals surface area contributed by atoms with Gasteiger partial charge < -0.3 is 21.0 Å². The first-order valence-corrected chi connectivity index (χ1v) is 8.27. The zero-order valence-corrected chi connectivity index (χ0v) is 15.0. The smallest absolute Gasteiger partial charge is 0.245 e. The van der Waals surface area contributed by atoms with Crippen molar-refractivity contribution in [1.82, 2.24) is 20.3 Å². The monoisotopic (exact) mass is 395 g/mol. The van der Waals surface area contributed by atoms with Crippen LogP contribution in [0.5, 0.6) is 11.5 Å². The van der Waals surface area contributed by atoms with Gasteiger partial charge in [0.1, 0.15) is 28.7 Å². The van der Waals surface area contributed by atoms with Crippen molar-refractivity contribution < 1.29 is 18.9 Å². The summed E-state index contributed by atoms with van der Waals surface area (Å²) in [6, 6.07) is 10.3. The Kier molecular flexibility index (Phi) is 4.61. The Bertz CT molecular complexity index is 1210. The second-order valence-electron chi connectivity index (χ2n) is 5.82. The van der Waals surface area contributed by atoms with Gasteiger partial charge in [-0.25, -0.2) is 19.0 Å². The van der Waals surface area contributed by atoms with Crippen molar-refractivity contribution in [2.24, 2.45) is 10.9 Å². The molecule has 10 nitrogen and oxygen atoms in total. The number of methoxy groups -OCH3 is 1. The molecule has 29 heavy (non-hydrogen) atoms. The molecule has 0 spiro atoms. The van der Waals surface area contributed by atoms with E-state index in [2.05, 4.69) is 35.3 Å². The fraction of sp³-hybridized carbons (Fsp3) is 0.0556. The standard InChI is InChI=1S/C18H14FN7O3/c1-28-11-6-7-12(13(27)8-11)14(24-20)15-16(21-10-4-2-9(19)3-5-10)23-18-17(22-15)25-29-26-18/h2-8,27H,20H2,1H3,(H,21,23,26). The van der Waals surface area contributed by atoms with Crippen molar-refractivity contribution in [3.63, 3.8) is 0 Å². The summed E-state index contributed by atoms with van der Waals surface area (Å²) in [6.07, 6.45) is 0. The zero-order valence-electron chi connectivity index (χ0n) is 15.0. The van der Waals surface area contributed by atoms with Crippen LogP contribution in [0.1, 0.15) is 11.3 Å². The first kappa shape index (κ1) is 18.1. The van der Waals surface area contributed by atoms with Crippen molar-refractivity contribution >= 4 is 28.5 Å². The van der Waals surface area contributed by atoms with Crippen molar-refractivity contribution in [2.45, 2.75) is 0 Å². The molecule has 4 rings (SSSR count). The molecule has 0 unspecified atom stereocenters. The number of hydrogen-bond acceptors (Lipinski definition) is 10. The minimum Gasteiger partial charge on any atom is -0.507 e. The lowest BCUT2D eigenvalue weighted by molar-refractivity contribution is 0.314. The molecule has 11 heteroatoms. The van der Waals surface area contributed by atoms with Crippen LogP contribution >= 0.6 is 0 Å². The molecular formula is C18H14FN7O3. The third kappa shape index (κ3) is 3.48. The quantitative estimate of drug-likeness (QED) is 0.263. The Balaban J connectivity index is 1.85. The van der Waals surface area contributed by atoms with Crippen molar-refractivity contribution in [2.75, 3.05) is 12.4 Å². The number of aromatic hydroxyl groups is 1. The minimum atomic E-state index is -0.384. The molecular weight excluding hydrogens is 381 g/mol. The Morgan fingerprint density at radius 1 is 1.14 bits per heavy atom. The molecule has 0 aliphatic heterocycles. The fourth-order valence-electron chi connectivity index (χ4n) is 2.66. The molecule has 0 radical (unpaired) electrons. The molecule has 4 N–H and O–H groups in total. The number of nitrogens with two attached hydrogens (primary N) is 1. The number of rotatable bonds is 5. The first-order chi connectivity index (χ1) is 14.1. The van der Waals surface area contributed by atoms with Gasteiger partial charge in [-0.15, -0.1) is 0 Å². The summed E-state index contributed by atoms with van der Waals surface area (Å²) < 4.78 is 23.0. The molecule has 0 amide bonds. The zero-order chi connectivity index (χ0) is 20.4.